The predicted octanol–water partition coefficient (Wildman–Crippen LogP) is 1.98. The van der Waals surface area contributed by atoms with Gasteiger partial charge in [-0.1, -0.05) is 0 Å². The Labute approximate surface area is 142 Å². The van der Waals surface area contributed by atoms with Gasteiger partial charge in [0.2, 0.25) is 0 Å². The second kappa shape index (κ2) is 7.06. The molecular formula is C16H17N3O4S. The molecular weight excluding hydrogens is 330 g/mol. The molecule has 3 rings (SSSR count). The van der Waals surface area contributed by atoms with E-state index in [0.29, 0.717) is 19.7 Å². The Morgan fingerprint density at radius 3 is 2.92 bits per heavy atom. The molecule has 24 heavy (non-hydrogen) atoms. The maximum atomic E-state index is 12.4. The van der Waals surface area contributed by atoms with Gasteiger partial charge in [-0.25, -0.2) is 9.78 Å². The highest BCUT2D eigenvalue weighted by molar-refractivity contribution is 7.09. The van der Waals surface area contributed by atoms with Crippen LogP contribution in [-0.4, -0.2) is 51.0 Å². The number of hydrogen-bond donors (Lipinski definition) is 1. The van der Waals surface area contributed by atoms with Crippen molar-refractivity contribution >= 4 is 23.2 Å². The fraction of sp³-hybridized carbons (Fsp3) is 0.375. The first-order valence-electron chi connectivity index (χ1n) is 7.54. The van der Waals surface area contributed by atoms with Gasteiger partial charge < -0.3 is 14.7 Å². The molecule has 0 saturated carbocycles. The highest BCUT2D eigenvalue weighted by atomic mass is 32.1. The summed E-state index contributed by atoms with van der Waals surface area (Å²) >= 11 is 1.57. The van der Waals surface area contributed by atoms with Crippen molar-refractivity contribution in [2.45, 2.75) is 26.1 Å². The van der Waals surface area contributed by atoms with Crippen LogP contribution in [0.15, 0.2) is 23.7 Å². The molecule has 8 heteroatoms. The van der Waals surface area contributed by atoms with Crippen molar-refractivity contribution in [3.05, 3.63) is 45.7 Å². The lowest BCUT2D eigenvalue weighted by Crippen LogP contribution is -2.30. The number of aromatic nitrogens is 2. The van der Waals surface area contributed by atoms with Crippen LogP contribution in [-0.2, 0) is 11.3 Å². The molecule has 0 spiro atoms. The van der Waals surface area contributed by atoms with E-state index in [9.17, 15) is 9.59 Å². The molecule has 1 saturated heterocycles. The highest BCUT2D eigenvalue weighted by Crippen LogP contribution is 2.18. The molecule has 1 fully saturated rings. The molecule has 0 aromatic carbocycles. The lowest BCUT2D eigenvalue weighted by Gasteiger charge is -2.16. The molecule has 7 nitrogen and oxygen atoms in total. The summed E-state index contributed by atoms with van der Waals surface area (Å²) in [7, 11) is 0. The molecule has 126 valence electrons. The maximum Gasteiger partial charge on any atom is 0.337 e. The Bertz CT molecular complexity index is 744. The average molecular weight is 347 g/mol. The minimum absolute atomic E-state index is 0.0172. The summed E-state index contributed by atoms with van der Waals surface area (Å²) in [5.74, 6) is -1.27. The van der Waals surface area contributed by atoms with E-state index >= 15 is 0 Å². The standard InChI is InChI=1S/C16H17N3O4S/c1-10-9-24-14(18-10)8-23-12-4-5-19(7-12)15(20)13-3-2-11(6-17-13)16(21)22/h2-3,6,9,12H,4-5,7-8H2,1H3,(H,21,22). The van der Waals surface area contributed by atoms with Gasteiger partial charge in [0.1, 0.15) is 10.7 Å². The molecule has 1 unspecified atom stereocenters. The van der Waals surface area contributed by atoms with Crippen LogP contribution < -0.4 is 0 Å². The van der Waals surface area contributed by atoms with Gasteiger partial charge in [0, 0.05) is 30.4 Å². The molecule has 2 aromatic rings. The van der Waals surface area contributed by atoms with Gasteiger partial charge in [0.15, 0.2) is 0 Å². The Balaban J connectivity index is 1.54. The number of carboxylic acids is 1. The van der Waals surface area contributed by atoms with Crippen molar-refractivity contribution in [3.63, 3.8) is 0 Å². The van der Waals surface area contributed by atoms with Crippen molar-refractivity contribution in [1.29, 1.82) is 0 Å². The molecule has 1 aliphatic heterocycles. The number of carbonyl (C=O) groups excluding carboxylic acids is 1. The van der Waals surface area contributed by atoms with E-state index in [-0.39, 0.29) is 23.3 Å². The summed E-state index contributed by atoms with van der Waals surface area (Å²) < 4.78 is 5.83. The summed E-state index contributed by atoms with van der Waals surface area (Å²) in [4.78, 5) is 33.2. The van der Waals surface area contributed by atoms with Gasteiger partial charge in [-0.05, 0) is 25.5 Å². The molecule has 0 radical (unpaired) electrons. The second-order valence-corrected chi connectivity index (χ2v) is 6.54. The van der Waals surface area contributed by atoms with E-state index in [1.807, 2.05) is 12.3 Å². The van der Waals surface area contributed by atoms with Crippen molar-refractivity contribution in [1.82, 2.24) is 14.9 Å². The number of amides is 1. The highest BCUT2D eigenvalue weighted by Gasteiger charge is 2.28. The minimum atomic E-state index is -1.06. The first kappa shape index (κ1) is 16.5. The van der Waals surface area contributed by atoms with Crippen LogP contribution in [0.4, 0.5) is 0 Å². The zero-order valence-electron chi connectivity index (χ0n) is 13.1. The van der Waals surface area contributed by atoms with Crippen molar-refractivity contribution in [2.75, 3.05) is 13.1 Å². The average Bonchev–Trinajstić information content (AvgIpc) is 3.21. The van der Waals surface area contributed by atoms with Gasteiger partial charge in [-0.15, -0.1) is 11.3 Å². The quantitative estimate of drug-likeness (QED) is 0.889. The summed E-state index contributed by atoms with van der Waals surface area (Å²) in [6, 6.07) is 2.83. The molecule has 0 bridgehead atoms. The molecule has 1 atom stereocenters. The molecule has 3 heterocycles. The maximum absolute atomic E-state index is 12.4. The number of aromatic carboxylic acids is 1. The zero-order chi connectivity index (χ0) is 17.1. The van der Waals surface area contributed by atoms with Crippen LogP contribution in [0.5, 0.6) is 0 Å². The molecule has 2 aromatic heterocycles. The van der Waals surface area contributed by atoms with Gasteiger partial charge in [0.05, 0.1) is 18.3 Å². The Morgan fingerprint density at radius 1 is 1.46 bits per heavy atom. The normalized spacial score (nSPS) is 17.2. The van der Waals surface area contributed by atoms with E-state index in [1.165, 1.54) is 18.3 Å². The first-order valence-corrected chi connectivity index (χ1v) is 8.42. The summed E-state index contributed by atoms with van der Waals surface area (Å²) in [5, 5.41) is 11.8. The van der Waals surface area contributed by atoms with Crippen LogP contribution in [0, 0.1) is 6.92 Å². The monoisotopic (exact) mass is 347 g/mol. The fourth-order valence-electron chi connectivity index (χ4n) is 2.52. The van der Waals surface area contributed by atoms with Crippen molar-refractivity contribution in [3.8, 4) is 0 Å². The van der Waals surface area contributed by atoms with Crippen LogP contribution in [0.2, 0.25) is 0 Å². The topological polar surface area (TPSA) is 92.6 Å². The largest absolute Gasteiger partial charge is 0.478 e. The van der Waals surface area contributed by atoms with Crippen LogP contribution >= 0.6 is 11.3 Å². The number of rotatable bonds is 5. The predicted molar refractivity (Wildman–Crippen MR) is 87.1 cm³/mol. The van der Waals surface area contributed by atoms with E-state index in [1.54, 1.807) is 16.2 Å². The second-order valence-electron chi connectivity index (χ2n) is 5.59. The number of thiazole rings is 1. The van der Waals surface area contributed by atoms with Crippen molar-refractivity contribution < 1.29 is 19.4 Å². The zero-order valence-corrected chi connectivity index (χ0v) is 14.0. The number of nitrogens with zero attached hydrogens (tertiary/aromatic N) is 3. The van der Waals surface area contributed by atoms with E-state index in [2.05, 4.69) is 9.97 Å². The van der Waals surface area contributed by atoms with Gasteiger partial charge in [0.25, 0.3) is 5.91 Å². The van der Waals surface area contributed by atoms with E-state index < -0.39 is 5.97 Å². The van der Waals surface area contributed by atoms with E-state index in [4.69, 9.17) is 9.84 Å². The third-order valence-electron chi connectivity index (χ3n) is 3.77. The number of carbonyl (C=O) groups is 2. The Hall–Kier alpha value is -2.32. The lowest BCUT2D eigenvalue weighted by molar-refractivity contribution is 0.0435. The fourth-order valence-corrected chi connectivity index (χ4v) is 3.21. The minimum Gasteiger partial charge on any atom is -0.478 e. The van der Waals surface area contributed by atoms with E-state index in [0.717, 1.165) is 17.1 Å². The summed E-state index contributed by atoms with van der Waals surface area (Å²) in [5.41, 5.74) is 1.29. The SMILES string of the molecule is Cc1csc(COC2CCN(C(=O)c3ccc(C(=O)O)cn3)C2)n1. The van der Waals surface area contributed by atoms with Crippen LogP contribution in [0.3, 0.4) is 0 Å². The number of aryl methyl sites for hydroxylation is 1. The number of hydrogen-bond acceptors (Lipinski definition) is 6. The Kier molecular flexibility index (Phi) is 4.86. The Morgan fingerprint density at radius 2 is 2.29 bits per heavy atom. The molecule has 0 aliphatic carbocycles. The number of carboxylic acid groups (broad SMARTS) is 1. The first-order chi connectivity index (χ1) is 11.5. The number of ether oxygens (including phenoxy) is 1. The van der Waals surface area contributed by atoms with Gasteiger partial charge >= 0.3 is 5.97 Å². The van der Waals surface area contributed by atoms with Gasteiger partial charge in [-0.2, -0.15) is 0 Å². The summed E-state index contributed by atoms with van der Waals surface area (Å²) in [6.45, 7) is 3.50. The number of likely N-dealkylation sites (tertiary alicyclic amines) is 1. The number of pyridine rings is 1. The smallest absolute Gasteiger partial charge is 0.337 e. The van der Waals surface area contributed by atoms with Crippen molar-refractivity contribution in [2.24, 2.45) is 0 Å². The lowest BCUT2D eigenvalue weighted by atomic mass is 10.2. The summed E-state index contributed by atoms with van der Waals surface area (Å²) in [6.07, 6.45) is 1.95. The molecule has 1 aliphatic rings. The third kappa shape index (κ3) is 3.77. The van der Waals surface area contributed by atoms with Crippen LogP contribution in [0.1, 0.15) is 38.0 Å². The molecule has 1 amide bonds. The van der Waals surface area contributed by atoms with Gasteiger partial charge in [-0.3, -0.25) is 9.78 Å². The molecule has 1 N–H and O–H groups in total. The third-order valence-corrected chi connectivity index (χ3v) is 4.71. The van der Waals surface area contributed by atoms with Crippen LogP contribution in [0.25, 0.3) is 0 Å².